The number of rotatable bonds is 6. The Morgan fingerprint density at radius 3 is 2.13 bits per heavy atom. The summed E-state index contributed by atoms with van der Waals surface area (Å²) in [6.07, 6.45) is 2.10. The highest BCUT2D eigenvalue weighted by atomic mass is 16.5. The van der Waals surface area contributed by atoms with Crippen molar-refractivity contribution < 1.29 is 14.3 Å². The molecule has 0 saturated heterocycles. The molecule has 0 amide bonds. The maximum absolute atomic E-state index is 13.0. The van der Waals surface area contributed by atoms with Crippen LogP contribution in [0, 0.1) is 0 Å². The summed E-state index contributed by atoms with van der Waals surface area (Å²) in [5.41, 5.74) is 3.17. The van der Waals surface area contributed by atoms with E-state index in [9.17, 15) is 9.59 Å². The van der Waals surface area contributed by atoms with Gasteiger partial charge in [-0.25, -0.2) is 9.48 Å². The average molecular weight is 396 g/mol. The highest BCUT2D eigenvalue weighted by molar-refractivity contribution is 5.98. The number of nitrogens with zero attached hydrogens (tertiary/aromatic N) is 2. The molecule has 5 nitrogen and oxygen atoms in total. The molecule has 1 heterocycles. The number of aromatic nitrogens is 2. The Labute approximate surface area is 174 Å². The van der Waals surface area contributed by atoms with Crippen molar-refractivity contribution in [3.63, 3.8) is 0 Å². The minimum Gasteiger partial charge on any atom is -0.423 e. The molecule has 148 valence electrons. The molecule has 3 aromatic carbocycles. The van der Waals surface area contributed by atoms with Gasteiger partial charge in [0.2, 0.25) is 0 Å². The van der Waals surface area contributed by atoms with Crippen molar-refractivity contribution in [1.82, 2.24) is 9.78 Å². The number of para-hydroxylation sites is 1. The molecule has 0 fully saturated rings. The molecule has 5 heteroatoms. The van der Waals surface area contributed by atoms with Crippen LogP contribution in [0.4, 0.5) is 0 Å². The third-order valence-corrected chi connectivity index (χ3v) is 4.71. The maximum atomic E-state index is 13.0. The second-order valence-corrected chi connectivity index (χ2v) is 6.73. The normalized spacial score (nSPS) is 10.6. The zero-order valence-corrected chi connectivity index (χ0v) is 16.5. The molecule has 0 aliphatic carbocycles. The minimum atomic E-state index is -0.509. The second kappa shape index (κ2) is 8.57. The van der Waals surface area contributed by atoms with Gasteiger partial charge in [-0.3, -0.25) is 4.79 Å². The first-order valence-corrected chi connectivity index (χ1v) is 9.71. The monoisotopic (exact) mass is 396 g/mol. The van der Waals surface area contributed by atoms with Gasteiger partial charge in [0.15, 0.2) is 5.78 Å². The Hall–Kier alpha value is -3.99. The van der Waals surface area contributed by atoms with Crippen LogP contribution in [0.25, 0.3) is 16.9 Å². The van der Waals surface area contributed by atoms with E-state index in [2.05, 4.69) is 5.10 Å². The molecule has 0 unspecified atom stereocenters. The van der Waals surface area contributed by atoms with Crippen molar-refractivity contribution in [1.29, 1.82) is 0 Å². The number of Topliss-reactive ketones (excluding diaryl/α,β-unsaturated/α-hetero) is 1. The van der Waals surface area contributed by atoms with E-state index in [1.165, 1.54) is 0 Å². The molecule has 0 aliphatic rings. The smallest absolute Gasteiger partial charge is 0.347 e. The van der Waals surface area contributed by atoms with E-state index >= 15 is 0 Å². The number of carbonyl (C=O) groups excluding carboxylic acids is 2. The molecule has 0 spiro atoms. The van der Waals surface area contributed by atoms with Gasteiger partial charge in [0, 0.05) is 23.7 Å². The summed E-state index contributed by atoms with van der Waals surface area (Å²) < 4.78 is 7.25. The highest BCUT2D eigenvalue weighted by Gasteiger charge is 2.20. The Balaban J connectivity index is 1.67. The van der Waals surface area contributed by atoms with Crippen LogP contribution in [-0.2, 0) is 0 Å². The third-order valence-electron chi connectivity index (χ3n) is 4.71. The lowest BCUT2D eigenvalue weighted by Gasteiger charge is -2.05. The van der Waals surface area contributed by atoms with Gasteiger partial charge in [-0.2, -0.15) is 5.10 Å². The van der Waals surface area contributed by atoms with Gasteiger partial charge in [-0.15, -0.1) is 0 Å². The van der Waals surface area contributed by atoms with Gasteiger partial charge in [-0.05, 0) is 36.4 Å². The van der Waals surface area contributed by atoms with Crippen LogP contribution in [0.15, 0.2) is 91.1 Å². The van der Waals surface area contributed by atoms with Crippen molar-refractivity contribution in [3.05, 3.63) is 102 Å². The largest absolute Gasteiger partial charge is 0.423 e. The lowest BCUT2D eigenvalue weighted by Crippen LogP contribution is -2.09. The Kier molecular flexibility index (Phi) is 5.52. The van der Waals surface area contributed by atoms with Crippen LogP contribution in [0.2, 0.25) is 0 Å². The predicted octanol–water partition coefficient (Wildman–Crippen LogP) is 5.35. The maximum Gasteiger partial charge on any atom is 0.347 e. The van der Waals surface area contributed by atoms with Crippen molar-refractivity contribution in [2.75, 3.05) is 0 Å². The fourth-order valence-corrected chi connectivity index (χ4v) is 3.12. The first kappa shape index (κ1) is 19.3. The van der Waals surface area contributed by atoms with Gasteiger partial charge in [-0.1, -0.05) is 55.5 Å². The number of hydrogen-bond acceptors (Lipinski definition) is 4. The summed E-state index contributed by atoms with van der Waals surface area (Å²) in [7, 11) is 0. The van der Waals surface area contributed by atoms with Crippen LogP contribution in [0.5, 0.6) is 5.75 Å². The Morgan fingerprint density at radius 2 is 1.50 bits per heavy atom. The second-order valence-electron chi connectivity index (χ2n) is 6.73. The number of ketones is 1. The molecular weight excluding hydrogens is 376 g/mol. The van der Waals surface area contributed by atoms with E-state index in [0.29, 0.717) is 29.0 Å². The summed E-state index contributed by atoms with van der Waals surface area (Å²) in [6, 6.07) is 25.7. The number of carbonyl (C=O) groups is 2. The van der Waals surface area contributed by atoms with Crippen LogP contribution >= 0.6 is 0 Å². The van der Waals surface area contributed by atoms with E-state index in [1.807, 2.05) is 67.6 Å². The van der Waals surface area contributed by atoms with Gasteiger partial charge >= 0.3 is 5.97 Å². The lowest BCUT2D eigenvalue weighted by molar-refractivity contribution is 0.0735. The molecule has 1 aromatic heterocycles. The summed E-state index contributed by atoms with van der Waals surface area (Å²) in [4.78, 5) is 24.8. The minimum absolute atomic E-state index is 0.0448. The fourth-order valence-electron chi connectivity index (χ4n) is 3.12. The molecule has 0 atom stereocenters. The predicted molar refractivity (Wildman–Crippen MR) is 115 cm³/mol. The van der Waals surface area contributed by atoms with E-state index in [1.54, 1.807) is 35.1 Å². The molecule has 0 N–H and O–H groups in total. The van der Waals surface area contributed by atoms with Crippen LogP contribution < -0.4 is 4.74 Å². The Morgan fingerprint density at radius 1 is 0.867 bits per heavy atom. The quantitative estimate of drug-likeness (QED) is 0.250. The van der Waals surface area contributed by atoms with E-state index in [4.69, 9.17) is 4.74 Å². The van der Waals surface area contributed by atoms with Gasteiger partial charge in [0.05, 0.1) is 5.69 Å². The van der Waals surface area contributed by atoms with Crippen molar-refractivity contribution in [2.45, 2.75) is 13.3 Å². The topological polar surface area (TPSA) is 61.2 Å². The standard InChI is InChI=1S/C25H20N2O3/c1-2-23(28)18-13-15-21(16-14-18)30-25(29)22-17-27(20-11-7-4-8-12-20)26-24(22)19-9-5-3-6-10-19/h3-17H,2H2,1H3. The molecule has 0 radical (unpaired) electrons. The van der Waals surface area contributed by atoms with E-state index in [-0.39, 0.29) is 5.78 Å². The number of ether oxygens (including phenoxy) is 1. The third kappa shape index (κ3) is 4.05. The van der Waals surface area contributed by atoms with Crippen molar-refractivity contribution in [3.8, 4) is 22.7 Å². The molecule has 0 bridgehead atoms. The molecule has 4 aromatic rings. The molecular formula is C25H20N2O3. The summed E-state index contributed by atoms with van der Waals surface area (Å²) in [5, 5.41) is 4.63. The van der Waals surface area contributed by atoms with Gasteiger partial charge in [0.1, 0.15) is 17.0 Å². The molecule has 30 heavy (non-hydrogen) atoms. The number of hydrogen-bond donors (Lipinski definition) is 0. The molecule has 0 aliphatic heterocycles. The first-order valence-electron chi connectivity index (χ1n) is 9.71. The number of esters is 1. The van der Waals surface area contributed by atoms with Gasteiger partial charge in [0.25, 0.3) is 0 Å². The molecule has 0 saturated carbocycles. The van der Waals surface area contributed by atoms with Crippen LogP contribution in [-0.4, -0.2) is 21.5 Å². The van der Waals surface area contributed by atoms with Gasteiger partial charge < -0.3 is 4.74 Å². The van der Waals surface area contributed by atoms with Crippen LogP contribution in [0.1, 0.15) is 34.1 Å². The van der Waals surface area contributed by atoms with Crippen LogP contribution in [0.3, 0.4) is 0 Å². The summed E-state index contributed by atoms with van der Waals surface area (Å²) in [5.74, 6) is -0.0897. The summed E-state index contributed by atoms with van der Waals surface area (Å²) in [6.45, 7) is 1.81. The SMILES string of the molecule is CCC(=O)c1ccc(OC(=O)c2cn(-c3ccccc3)nc2-c2ccccc2)cc1. The zero-order valence-electron chi connectivity index (χ0n) is 16.5. The highest BCUT2D eigenvalue weighted by Crippen LogP contribution is 2.25. The Bertz CT molecular complexity index is 1160. The van der Waals surface area contributed by atoms with E-state index in [0.717, 1.165) is 11.3 Å². The zero-order chi connectivity index (χ0) is 20.9. The van der Waals surface area contributed by atoms with Crippen molar-refractivity contribution in [2.24, 2.45) is 0 Å². The number of benzene rings is 3. The summed E-state index contributed by atoms with van der Waals surface area (Å²) >= 11 is 0. The molecule has 4 rings (SSSR count). The average Bonchev–Trinajstić information content (AvgIpc) is 3.26. The first-order chi connectivity index (χ1) is 14.7. The fraction of sp³-hybridized carbons (Fsp3) is 0.0800. The van der Waals surface area contributed by atoms with Crippen molar-refractivity contribution >= 4 is 11.8 Å². The lowest BCUT2D eigenvalue weighted by atomic mass is 10.1. The van der Waals surface area contributed by atoms with E-state index < -0.39 is 5.97 Å².